The molecule has 3 heteroatoms. The van der Waals surface area contributed by atoms with Gasteiger partial charge in [0.2, 0.25) is 0 Å². The average molecular weight is 233 g/mol. The third kappa shape index (κ3) is 1.47. The number of nitriles is 1. The maximum atomic E-state index is 9.07. The fourth-order valence-corrected chi connectivity index (χ4v) is 2.15. The first kappa shape index (κ1) is 10.5. The molecule has 0 saturated carbocycles. The van der Waals surface area contributed by atoms with E-state index in [0.717, 1.165) is 16.7 Å². The number of imidazole rings is 1. The Morgan fingerprint density at radius 2 is 1.94 bits per heavy atom. The summed E-state index contributed by atoms with van der Waals surface area (Å²) in [5, 5.41) is 9.07. The van der Waals surface area contributed by atoms with E-state index in [9.17, 15) is 0 Å². The van der Waals surface area contributed by atoms with Crippen LogP contribution in [0.15, 0.2) is 48.8 Å². The van der Waals surface area contributed by atoms with Crippen LogP contribution in [0.4, 0.5) is 0 Å². The Labute approximate surface area is 105 Å². The first-order chi connectivity index (χ1) is 8.81. The standard InChI is InChI=1S/C15H11N3/c1-11-5-2-3-7-13(11)18-10-17-15-12(9-16)6-4-8-14(15)18/h2-8,10H,1H3. The van der Waals surface area contributed by atoms with Crippen LogP contribution in [0.2, 0.25) is 0 Å². The van der Waals surface area contributed by atoms with Gasteiger partial charge < -0.3 is 0 Å². The molecule has 18 heavy (non-hydrogen) atoms. The van der Waals surface area contributed by atoms with Crippen LogP contribution in [-0.4, -0.2) is 9.55 Å². The van der Waals surface area contributed by atoms with Gasteiger partial charge in [-0.3, -0.25) is 4.57 Å². The second-order valence-corrected chi connectivity index (χ2v) is 4.19. The van der Waals surface area contributed by atoms with E-state index in [1.807, 2.05) is 28.8 Å². The maximum absolute atomic E-state index is 9.07. The van der Waals surface area contributed by atoms with E-state index in [1.54, 1.807) is 12.4 Å². The van der Waals surface area contributed by atoms with Crippen molar-refractivity contribution in [3.8, 4) is 11.8 Å². The normalized spacial score (nSPS) is 10.4. The van der Waals surface area contributed by atoms with Crippen LogP contribution >= 0.6 is 0 Å². The Balaban J connectivity index is 2.33. The Hall–Kier alpha value is -2.60. The summed E-state index contributed by atoms with van der Waals surface area (Å²) in [5.41, 5.74) is 4.60. The highest BCUT2D eigenvalue weighted by molar-refractivity contribution is 5.83. The Kier molecular flexibility index (Phi) is 2.35. The van der Waals surface area contributed by atoms with Crippen molar-refractivity contribution in [3.63, 3.8) is 0 Å². The Bertz CT molecular complexity index is 763. The summed E-state index contributed by atoms with van der Waals surface area (Å²) in [6.07, 6.45) is 1.77. The molecule has 1 heterocycles. The van der Waals surface area contributed by atoms with Gasteiger partial charge in [-0.1, -0.05) is 24.3 Å². The molecule has 0 aliphatic heterocycles. The first-order valence-corrected chi connectivity index (χ1v) is 5.73. The molecule has 3 rings (SSSR count). The number of rotatable bonds is 1. The van der Waals surface area contributed by atoms with Gasteiger partial charge in [-0.05, 0) is 30.7 Å². The molecular weight excluding hydrogens is 222 g/mol. The molecule has 3 aromatic rings. The summed E-state index contributed by atoms with van der Waals surface area (Å²) in [5.74, 6) is 0. The molecule has 0 unspecified atom stereocenters. The third-order valence-electron chi connectivity index (χ3n) is 3.07. The van der Waals surface area contributed by atoms with Crippen LogP contribution in [0.1, 0.15) is 11.1 Å². The van der Waals surface area contributed by atoms with E-state index < -0.39 is 0 Å². The fraction of sp³-hybridized carbons (Fsp3) is 0.0667. The molecule has 86 valence electrons. The van der Waals surface area contributed by atoms with Crippen LogP contribution in [0.3, 0.4) is 0 Å². The second-order valence-electron chi connectivity index (χ2n) is 4.19. The minimum Gasteiger partial charge on any atom is -0.299 e. The highest BCUT2D eigenvalue weighted by Gasteiger charge is 2.09. The summed E-state index contributed by atoms with van der Waals surface area (Å²) in [7, 11) is 0. The minimum atomic E-state index is 0.611. The lowest BCUT2D eigenvalue weighted by molar-refractivity contribution is 1.07. The predicted octanol–water partition coefficient (Wildman–Crippen LogP) is 3.21. The molecule has 0 bridgehead atoms. The summed E-state index contributed by atoms with van der Waals surface area (Å²) in [6, 6.07) is 16.0. The molecule has 0 aliphatic rings. The molecule has 1 aromatic heterocycles. The van der Waals surface area contributed by atoms with Crippen molar-refractivity contribution in [3.05, 3.63) is 59.9 Å². The lowest BCUT2D eigenvalue weighted by Gasteiger charge is -2.07. The smallest absolute Gasteiger partial charge is 0.107 e. The van der Waals surface area contributed by atoms with Gasteiger partial charge in [-0.2, -0.15) is 5.26 Å². The van der Waals surface area contributed by atoms with Gasteiger partial charge in [0, 0.05) is 0 Å². The van der Waals surface area contributed by atoms with Crippen molar-refractivity contribution in [1.29, 1.82) is 5.26 Å². The van der Waals surface area contributed by atoms with Crippen LogP contribution < -0.4 is 0 Å². The van der Waals surface area contributed by atoms with E-state index in [-0.39, 0.29) is 0 Å². The van der Waals surface area contributed by atoms with Crippen molar-refractivity contribution >= 4 is 11.0 Å². The molecule has 3 nitrogen and oxygen atoms in total. The van der Waals surface area contributed by atoms with E-state index >= 15 is 0 Å². The molecule has 0 fully saturated rings. The van der Waals surface area contributed by atoms with E-state index in [2.05, 4.69) is 30.1 Å². The summed E-state index contributed by atoms with van der Waals surface area (Å²) in [4.78, 5) is 4.35. The van der Waals surface area contributed by atoms with Gasteiger partial charge >= 0.3 is 0 Å². The monoisotopic (exact) mass is 233 g/mol. The molecule has 0 radical (unpaired) electrons. The van der Waals surface area contributed by atoms with Crippen LogP contribution in [0, 0.1) is 18.3 Å². The lowest BCUT2D eigenvalue weighted by Crippen LogP contribution is -1.94. The molecule has 0 spiro atoms. The van der Waals surface area contributed by atoms with Crippen molar-refractivity contribution in [2.45, 2.75) is 6.92 Å². The summed E-state index contributed by atoms with van der Waals surface area (Å²) >= 11 is 0. The predicted molar refractivity (Wildman–Crippen MR) is 70.5 cm³/mol. The number of benzene rings is 2. The van der Waals surface area contributed by atoms with Gasteiger partial charge in [0.15, 0.2) is 0 Å². The van der Waals surface area contributed by atoms with Gasteiger partial charge in [0.05, 0.1) is 16.8 Å². The van der Waals surface area contributed by atoms with E-state index in [0.29, 0.717) is 5.56 Å². The number of aromatic nitrogens is 2. The van der Waals surface area contributed by atoms with Gasteiger partial charge in [0.25, 0.3) is 0 Å². The maximum Gasteiger partial charge on any atom is 0.107 e. The van der Waals surface area contributed by atoms with Crippen LogP contribution in [-0.2, 0) is 0 Å². The van der Waals surface area contributed by atoms with E-state index in [4.69, 9.17) is 5.26 Å². The van der Waals surface area contributed by atoms with Crippen molar-refractivity contribution in [1.82, 2.24) is 9.55 Å². The van der Waals surface area contributed by atoms with Gasteiger partial charge in [-0.15, -0.1) is 0 Å². The fourth-order valence-electron chi connectivity index (χ4n) is 2.15. The van der Waals surface area contributed by atoms with Crippen molar-refractivity contribution in [2.75, 3.05) is 0 Å². The topological polar surface area (TPSA) is 41.6 Å². The molecule has 0 saturated heterocycles. The van der Waals surface area contributed by atoms with Crippen molar-refractivity contribution in [2.24, 2.45) is 0 Å². The summed E-state index contributed by atoms with van der Waals surface area (Å²) < 4.78 is 2.02. The zero-order chi connectivity index (χ0) is 12.5. The van der Waals surface area contributed by atoms with Gasteiger partial charge in [-0.25, -0.2) is 4.98 Å². The third-order valence-corrected chi connectivity index (χ3v) is 3.07. The average Bonchev–Trinajstić information content (AvgIpc) is 2.83. The molecule has 2 aromatic carbocycles. The first-order valence-electron chi connectivity index (χ1n) is 5.73. The molecule has 0 N–H and O–H groups in total. The largest absolute Gasteiger partial charge is 0.299 e. The number of hydrogen-bond donors (Lipinski definition) is 0. The Morgan fingerprint density at radius 3 is 2.72 bits per heavy atom. The number of fused-ring (bicyclic) bond motifs is 1. The zero-order valence-corrected chi connectivity index (χ0v) is 9.96. The molecular formula is C15H11N3. The molecule has 0 amide bonds. The Morgan fingerprint density at radius 1 is 1.11 bits per heavy atom. The lowest BCUT2D eigenvalue weighted by atomic mass is 10.1. The van der Waals surface area contributed by atoms with Crippen LogP contribution in [0.5, 0.6) is 0 Å². The van der Waals surface area contributed by atoms with Crippen LogP contribution in [0.25, 0.3) is 16.7 Å². The SMILES string of the molecule is Cc1ccccc1-n1cnc2c(C#N)cccc21. The molecule has 0 aliphatic carbocycles. The van der Waals surface area contributed by atoms with Crippen molar-refractivity contribution < 1.29 is 0 Å². The highest BCUT2D eigenvalue weighted by Crippen LogP contribution is 2.22. The summed E-state index contributed by atoms with van der Waals surface area (Å²) in [6.45, 7) is 2.06. The number of para-hydroxylation sites is 2. The molecule has 0 atom stereocenters. The quantitative estimate of drug-likeness (QED) is 0.647. The van der Waals surface area contributed by atoms with E-state index in [1.165, 1.54) is 5.56 Å². The zero-order valence-electron chi connectivity index (χ0n) is 9.96. The highest BCUT2D eigenvalue weighted by atomic mass is 15.0. The second kappa shape index (κ2) is 4.01. The number of hydrogen-bond acceptors (Lipinski definition) is 2. The number of nitrogens with zero attached hydrogens (tertiary/aromatic N) is 3. The van der Waals surface area contributed by atoms with Gasteiger partial charge in [0.1, 0.15) is 17.9 Å². The minimum absolute atomic E-state index is 0.611. The number of aryl methyl sites for hydroxylation is 1.